The number of ether oxygens (including phenoxy) is 3. The van der Waals surface area contributed by atoms with Gasteiger partial charge in [0, 0.05) is 17.3 Å². The van der Waals surface area contributed by atoms with Crippen LogP contribution in [0.1, 0.15) is 50.8 Å². The van der Waals surface area contributed by atoms with Crippen molar-refractivity contribution in [2.75, 3.05) is 12.1 Å². The van der Waals surface area contributed by atoms with E-state index >= 15 is 0 Å². The molecule has 2 heterocycles. The lowest BCUT2D eigenvalue weighted by atomic mass is 10.0. The highest BCUT2D eigenvalue weighted by Gasteiger charge is 2.19. The Bertz CT molecular complexity index is 1660. The highest BCUT2D eigenvalue weighted by molar-refractivity contribution is 6.32. The Morgan fingerprint density at radius 2 is 1.73 bits per heavy atom. The number of nitrogens with zero attached hydrogens (tertiary/aromatic N) is 1. The molecule has 4 aromatic rings. The zero-order valence-corrected chi connectivity index (χ0v) is 23.5. The number of nitrogens with one attached hydrogen (secondary N) is 2. The van der Waals surface area contributed by atoms with Crippen LogP contribution in [-0.4, -0.2) is 28.6 Å². The van der Waals surface area contributed by atoms with Gasteiger partial charge in [-0.05, 0) is 91.6 Å². The van der Waals surface area contributed by atoms with Crippen LogP contribution in [-0.2, 0) is 6.54 Å². The number of benzene rings is 3. The van der Waals surface area contributed by atoms with Gasteiger partial charge in [0.2, 0.25) is 6.79 Å². The molecule has 8 nitrogen and oxygen atoms in total. The average molecular weight is 570 g/mol. The Hall–Kier alpha value is -4.82. The van der Waals surface area contributed by atoms with Crippen LogP contribution in [0.2, 0.25) is 5.02 Å². The van der Waals surface area contributed by atoms with E-state index in [1.165, 1.54) is 6.07 Å². The molecule has 3 aromatic carbocycles. The molecular weight excluding hydrogens is 542 g/mol. The van der Waals surface area contributed by atoms with Gasteiger partial charge in [-0.25, -0.2) is 9.78 Å². The van der Waals surface area contributed by atoms with E-state index in [-0.39, 0.29) is 23.6 Å². The molecule has 0 aliphatic carbocycles. The first-order valence-corrected chi connectivity index (χ1v) is 13.2. The van der Waals surface area contributed by atoms with Crippen molar-refractivity contribution in [1.29, 1.82) is 5.41 Å². The van der Waals surface area contributed by atoms with Gasteiger partial charge < -0.3 is 30.0 Å². The summed E-state index contributed by atoms with van der Waals surface area (Å²) in [4.78, 5) is 16.8. The summed E-state index contributed by atoms with van der Waals surface area (Å²) in [7, 11) is 0. The minimum absolute atomic E-state index is 0.00219. The van der Waals surface area contributed by atoms with Crippen molar-refractivity contribution >= 4 is 41.3 Å². The van der Waals surface area contributed by atoms with Crippen molar-refractivity contribution in [3.63, 3.8) is 0 Å². The fourth-order valence-electron chi connectivity index (χ4n) is 4.49. The summed E-state index contributed by atoms with van der Waals surface area (Å²) in [5.41, 5.74) is 4.44. The maximum atomic E-state index is 12.1. The maximum Gasteiger partial charge on any atom is 0.336 e. The standard InChI is InChI=1S/C32H28ClN3O5/c1-18-12-25(13-19(2)30(18)33)41-24-9-5-22(6-10-24)16-35-31-29(20(3)34)26(32(37)38)15-23(36-31)8-4-21-7-11-27-28(14-21)40-17-39-27/h4-15,34H,16-17H2,1-3H3,(H,35,36)(H,37,38). The third-order valence-corrected chi connectivity index (χ3v) is 7.11. The number of aryl methyl sites for hydroxylation is 2. The molecule has 1 aromatic heterocycles. The highest BCUT2D eigenvalue weighted by Crippen LogP contribution is 2.33. The van der Waals surface area contributed by atoms with Gasteiger partial charge in [-0.15, -0.1) is 0 Å². The number of rotatable bonds is 9. The van der Waals surface area contributed by atoms with Crippen LogP contribution in [0.4, 0.5) is 5.82 Å². The lowest BCUT2D eigenvalue weighted by Crippen LogP contribution is -2.14. The smallest absolute Gasteiger partial charge is 0.336 e. The van der Waals surface area contributed by atoms with Crippen LogP contribution >= 0.6 is 11.6 Å². The summed E-state index contributed by atoms with van der Waals surface area (Å²) in [5.74, 6) is 1.89. The number of pyridine rings is 1. The number of halogens is 1. The molecule has 9 heteroatoms. The molecule has 1 aliphatic rings. The van der Waals surface area contributed by atoms with Gasteiger partial charge in [0.1, 0.15) is 17.3 Å². The van der Waals surface area contributed by atoms with Crippen molar-refractivity contribution in [3.8, 4) is 23.0 Å². The molecule has 0 atom stereocenters. The number of carboxylic acids is 1. The van der Waals surface area contributed by atoms with E-state index in [0.717, 1.165) is 27.3 Å². The van der Waals surface area contributed by atoms with E-state index in [9.17, 15) is 9.90 Å². The fraction of sp³-hybridized carbons (Fsp3) is 0.156. The monoisotopic (exact) mass is 569 g/mol. The number of hydrogen-bond donors (Lipinski definition) is 3. The molecule has 0 spiro atoms. The Morgan fingerprint density at radius 3 is 2.41 bits per heavy atom. The van der Waals surface area contributed by atoms with Gasteiger partial charge in [-0.2, -0.15) is 0 Å². The lowest BCUT2D eigenvalue weighted by molar-refractivity contribution is 0.0696. The average Bonchev–Trinajstić information content (AvgIpc) is 3.42. The minimum Gasteiger partial charge on any atom is -0.478 e. The summed E-state index contributed by atoms with van der Waals surface area (Å²) in [5, 5.41) is 22.1. The highest BCUT2D eigenvalue weighted by atomic mass is 35.5. The number of aromatic nitrogens is 1. The molecule has 0 fully saturated rings. The number of anilines is 1. The first kappa shape index (κ1) is 27.7. The fourth-order valence-corrected chi connectivity index (χ4v) is 4.60. The number of fused-ring (bicyclic) bond motifs is 1. The van der Waals surface area contributed by atoms with Crippen molar-refractivity contribution in [2.24, 2.45) is 0 Å². The molecule has 41 heavy (non-hydrogen) atoms. The van der Waals surface area contributed by atoms with Crippen LogP contribution in [0.15, 0.2) is 60.7 Å². The first-order chi connectivity index (χ1) is 19.7. The molecular formula is C32H28ClN3O5. The Morgan fingerprint density at radius 1 is 1.02 bits per heavy atom. The van der Waals surface area contributed by atoms with Crippen molar-refractivity contribution in [2.45, 2.75) is 27.3 Å². The third kappa shape index (κ3) is 6.34. The number of aromatic carboxylic acids is 1. The van der Waals surface area contributed by atoms with Crippen molar-refractivity contribution < 1.29 is 24.1 Å². The predicted molar refractivity (Wildman–Crippen MR) is 160 cm³/mol. The molecule has 0 saturated heterocycles. The van der Waals surface area contributed by atoms with Crippen LogP contribution in [0.25, 0.3) is 12.2 Å². The SMILES string of the molecule is CC(=N)c1c(C(=O)O)cc(C=Cc2ccc3c(c2)OCO3)nc1NCc1ccc(Oc2cc(C)c(Cl)c(C)c2)cc1. The zero-order valence-electron chi connectivity index (χ0n) is 22.7. The third-order valence-electron chi connectivity index (χ3n) is 6.52. The number of hydrogen-bond acceptors (Lipinski definition) is 7. The largest absolute Gasteiger partial charge is 0.478 e. The van der Waals surface area contributed by atoms with E-state index < -0.39 is 5.97 Å². The molecule has 0 bridgehead atoms. The van der Waals surface area contributed by atoms with E-state index in [0.29, 0.717) is 41.1 Å². The molecule has 0 amide bonds. The van der Waals surface area contributed by atoms with E-state index in [1.54, 1.807) is 13.0 Å². The Labute approximate surface area is 242 Å². The van der Waals surface area contributed by atoms with E-state index in [2.05, 4.69) is 10.3 Å². The quantitative estimate of drug-likeness (QED) is 0.177. The van der Waals surface area contributed by atoms with Gasteiger partial charge in [0.15, 0.2) is 11.5 Å². The zero-order chi connectivity index (χ0) is 29.1. The summed E-state index contributed by atoms with van der Waals surface area (Å²) in [6.45, 7) is 5.97. The second kappa shape index (κ2) is 11.7. The number of carbonyl (C=O) groups is 1. The van der Waals surface area contributed by atoms with E-state index in [4.69, 9.17) is 31.2 Å². The summed E-state index contributed by atoms with van der Waals surface area (Å²) >= 11 is 6.26. The summed E-state index contributed by atoms with van der Waals surface area (Å²) < 4.78 is 16.8. The molecule has 0 saturated carbocycles. The first-order valence-electron chi connectivity index (χ1n) is 12.9. The van der Waals surface area contributed by atoms with Gasteiger partial charge in [-0.1, -0.05) is 35.9 Å². The van der Waals surface area contributed by atoms with E-state index in [1.807, 2.05) is 74.5 Å². The predicted octanol–water partition coefficient (Wildman–Crippen LogP) is 7.74. The molecule has 208 valence electrons. The van der Waals surface area contributed by atoms with Crippen molar-refractivity contribution in [3.05, 3.63) is 105 Å². The van der Waals surface area contributed by atoms with Gasteiger partial charge >= 0.3 is 5.97 Å². The van der Waals surface area contributed by atoms with Gasteiger partial charge in [-0.3, -0.25) is 0 Å². The van der Waals surface area contributed by atoms with Crippen molar-refractivity contribution in [1.82, 2.24) is 4.98 Å². The topological polar surface area (TPSA) is 114 Å². The summed E-state index contributed by atoms with van der Waals surface area (Å²) in [6, 6.07) is 18.3. The molecule has 0 unspecified atom stereocenters. The van der Waals surface area contributed by atoms with Crippen LogP contribution in [0.5, 0.6) is 23.0 Å². The van der Waals surface area contributed by atoms with Crippen LogP contribution in [0.3, 0.4) is 0 Å². The van der Waals surface area contributed by atoms with Gasteiger partial charge in [0.05, 0.1) is 16.8 Å². The Kier molecular flexibility index (Phi) is 7.94. The second-order valence-electron chi connectivity index (χ2n) is 9.67. The minimum atomic E-state index is -1.14. The maximum absolute atomic E-state index is 12.1. The molecule has 1 aliphatic heterocycles. The van der Waals surface area contributed by atoms with Gasteiger partial charge in [0.25, 0.3) is 0 Å². The van der Waals surface area contributed by atoms with Crippen LogP contribution < -0.4 is 19.5 Å². The van der Waals surface area contributed by atoms with Crippen LogP contribution in [0, 0.1) is 19.3 Å². The Balaban J connectivity index is 1.36. The number of carboxylic acid groups (broad SMARTS) is 1. The molecule has 5 rings (SSSR count). The lowest BCUT2D eigenvalue weighted by Gasteiger charge is -2.15. The molecule has 0 radical (unpaired) electrons. The molecule has 3 N–H and O–H groups in total. The second-order valence-corrected chi connectivity index (χ2v) is 10.0. The normalized spacial score (nSPS) is 12.0. The summed E-state index contributed by atoms with van der Waals surface area (Å²) in [6.07, 6.45) is 3.55.